The predicted molar refractivity (Wildman–Crippen MR) is 305 cm³/mol. The van der Waals surface area contributed by atoms with Crippen LogP contribution in [0.2, 0.25) is 0 Å². The Labute approximate surface area is 427 Å². The fourth-order valence-corrected chi connectivity index (χ4v) is 10.3. The number of carbonyl (C=O) groups excluding carboxylic acids is 1. The zero-order chi connectivity index (χ0) is 49.7. The summed E-state index contributed by atoms with van der Waals surface area (Å²) >= 11 is 0. The number of fused-ring (bicyclic) bond motifs is 8. The third-order valence-electron chi connectivity index (χ3n) is 14.4. The van der Waals surface area contributed by atoms with Gasteiger partial charge >= 0.3 is 5.97 Å². The van der Waals surface area contributed by atoms with Gasteiger partial charge in [0.1, 0.15) is 0 Å². The second-order valence-electron chi connectivity index (χ2n) is 20.1. The van der Waals surface area contributed by atoms with Gasteiger partial charge in [-0.2, -0.15) is 0 Å². The van der Waals surface area contributed by atoms with E-state index in [1.807, 2.05) is 24.3 Å². The average molecular weight is 953 g/mol. The summed E-state index contributed by atoms with van der Waals surface area (Å²) in [5.41, 5.74) is 19.4. The molecule has 0 fully saturated rings. The zero-order valence-corrected chi connectivity index (χ0v) is 43.1. The van der Waals surface area contributed by atoms with E-state index in [1.165, 1.54) is 107 Å². The molecule has 0 aliphatic carbocycles. The Bertz CT molecular complexity index is 3120. The molecule has 2 N–H and O–H groups in total. The lowest BCUT2D eigenvalue weighted by Gasteiger charge is -2.08. The van der Waals surface area contributed by atoms with E-state index in [0.717, 1.165) is 102 Å². The predicted octanol–water partition coefficient (Wildman–Crippen LogP) is 18.7. The number of aromatic nitrogens is 4. The molecule has 2 aliphatic rings. The highest BCUT2D eigenvalue weighted by Gasteiger charge is 2.20. The molecule has 6 nitrogen and oxygen atoms in total. The molecule has 3 aromatic heterocycles. The van der Waals surface area contributed by atoms with E-state index in [1.54, 1.807) is 0 Å². The SMILES string of the molecule is CCCCCCCCCCCCCCCCCCOC(=O)c1ccc(-c2c3nc(c(-c4ccc(C)cc4)c4ccc([nH]4)c(-c4ccc(C)cc4)c4nc(c(-c5ccc(C)cc5)c5ccc2[nH]5)C=C4)C=C3)cc1. The van der Waals surface area contributed by atoms with Crippen molar-refractivity contribution in [2.24, 2.45) is 0 Å². The van der Waals surface area contributed by atoms with E-state index in [-0.39, 0.29) is 5.97 Å². The standard InChI is InChI=1S/C66H72N4O2/c1-5-6-7-8-9-10-11-12-13-14-15-16-17-18-19-20-45-72-66(71)53-35-33-52(34-36-53)65-60-43-41-58(69-60)63(50-29-23-47(3)24-30-50)56-39-37-54(67-56)62(49-27-21-46(2)22-28-49)55-38-40-57(68-55)64(59-42-44-61(65)70-59)51-31-25-48(4)26-32-51/h21-44,67,70H,5-20,45H2,1-4H3. The number of hydrogen-bond acceptors (Lipinski definition) is 4. The van der Waals surface area contributed by atoms with Crippen LogP contribution in [-0.4, -0.2) is 32.5 Å². The Morgan fingerprint density at radius 3 is 0.958 bits per heavy atom. The molecule has 8 bridgehead atoms. The molecular formula is C66H72N4O2. The van der Waals surface area contributed by atoms with Crippen molar-refractivity contribution in [3.63, 3.8) is 0 Å². The van der Waals surface area contributed by atoms with E-state index in [0.29, 0.717) is 12.2 Å². The average Bonchev–Trinajstić information content (AvgIpc) is 4.25. The summed E-state index contributed by atoms with van der Waals surface area (Å²) in [6, 6.07) is 42.5. The lowest BCUT2D eigenvalue weighted by atomic mass is 10.0. The van der Waals surface area contributed by atoms with E-state index in [4.69, 9.17) is 14.7 Å². The molecule has 368 valence electrons. The van der Waals surface area contributed by atoms with E-state index >= 15 is 0 Å². The molecule has 0 amide bonds. The second kappa shape index (κ2) is 24.4. The van der Waals surface area contributed by atoms with Crippen LogP contribution in [0, 0.1) is 20.8 Å². The Hall–Kier alpha value is -7.05. The first-order valence-electron chi connectivity index (χ1n) is 27.0. The van der Waals surface area contributed by atoms with Crippen LogP contribution in [0.15, 0.2) is 121 Å². The number of esters is 1. The van der Waals surface area contributed by atoms with Crippen LogP contribution in [-0.2, 0) is 4.74 Å². The molecule has 0 unspecified atom stereocenters. The number of nitrogens with zero attached hydrogens (tertiary/aromatic N) is 2. The molecule has 5 heterocycles. The number of nitrogens with one attached hydrogen (secondary N) is 2. The van der Waals surface area contributed by atoms with Crippen LogP contribution in [0.4, 0.5) is 0 Å². The largest absolute Gasteiger partial charge is 0.462 e. The molecular weight excluding hydrogens is 881 g/mol. The van der Waals surface area contributed by atoms with Crippen molar-refractivity contribution < 1.29 is 9.53 Å². The first-order chi connectivity index (χ1) is 35.3. The molecule has 0 saturated heterocycles. The van der Waals surface area contributed by atoms with Gasteiger partial charge < -0.3 is 14.7 Å². The van der Waals surface area contributed by atoms with Crippen molar-refractivity contribution in [3.05, 3.63) is 166 Å². The number of ether oxygens (including phenoxy) is 1. The first-order valence-corrected chi connectivity index (χ1v) is 27.0. The van der Waals surface area contributed by atoms with Gasteiger partial charge in [-0.1, -0.05) is 205 Å². The number of carbonyl (C=O) groups is 1. The van der Waals surface area contributed by atoms with E-state index < -0.39 is 0 Å². The maximum Gasteiger partial charge on any atom is 0.338 e. The second-order valence-corrected chi connectivity index (χ2v) is 20.1. The smallest absolute Gasteiger partial charge is 0.338 e. The lowest BCUT2D eigenvalue weighted by molar-refractivity contribution is 0.0497. The third kappa shape index (κ3) is 12.3. The summed E-state index contributed by atoms with van der Waals surface area (Å²) in [5, 5.41) is 0. The highest BCUT2D eigenvalue weighted by atomic mass is 16.5. The molecule has 9 rings (SSSR count). The molecule has 0 spiro atoms. The molecule has 0 radical (unpaired) electrons. The van der Waals surface area contributed by atoms with Crippen molar-refractivity contribution in [2.45, 2.75) is 130 Å². The van der Waals surface area contributed by atoms with Crippen molar-refractivity contribution in [2.75, 3.05) is 6.61 Å². The molecule has 2 aliphatic heterocycles. The Kier molecular flexibility index (Phi) is 16.9. The van der Waals surface area contributed by atoms with Crippen molar-refractivity contribution in [1.82, 2.24) is 19.9 Å². The van der Waals surface area contributed by atoms with Gasteiger partial charge in [0.15, 0.2) is 0 Å². The summed E-state index contributed by atoms with van der Waals surface area (Å²) in [6.45, 7) is 9.07. The quantitative estimate of drug-likeness (QED) is 0.0524. The van der Waals surface area contributed by atoms with E-state index in [9.17, 15) is 4.79 Å². The number of rotatable bonds is 22. The Morgan fingerprint density at radius 2 is 0.653 bits per heavy atom. The number of aryl methyl sites for hydroxylation is 3. The van der Waals surface area contributed by atoms with Gasteiger partial charge in [-0.15, -0.1) is 0 Å². The number of aromatic amines is 2. The lowest BCUT2D eigenvalue weighted by Crippen LogP contribution is -2.06. The Balaban J connectivity index is 1.01. The topological polar surface area (TPSA) is 83.7 Å². The van der Waals surface area contributed by atoms with Crippen molar-refractivity contribution in [3.8, 4) is 44.5 Å². The highest BCUT2D eigenvalue weighted by molar-refractivity contribution is 6.00. The molecule has 72 heavy (non-hydrogen) atoms. The molecule has 4 aromatic carbocycles. The van der Waals surface area contributed by atoms with Gasteiger partial charge in [-0.25, -0.2) is 14.8 Å². The summed E-state index contributed by atoms with van der Waals surface area (Å²) in [7, 11) is 0. The van der Waals surface area contributed by atoms with E-state index in [2.05, 4.69) is 159 Å². The molecule has 0 atom stereocenters. The minimum absolute atomic E-state index is 0.286. The van der Waals surface area contributed by atoms with Gasteiger partial charge in [-0.3, -0.25) is 0 Å². The van der Waals surface area contributed by atoms with Crippen LogP contribution in [0.1, 0.15) is 159 Å². The van der Waals surface area contributed by atoms with Crippen molar-refractivity contribution in [1.29, 1.82) is 0 Å². The van der Waals surface area contributed by atoms with Gasteiger partial charge in [0.25, 0.3) is 0 Å². The first kappa shape index (κ1) is 49.9. The summed E-state index contributed by atoms with van der Waals surface area (Å²) in [5.74, 6) is -0.286. The van der Waals surface area contributed by atoms with Crippen LogP contribution < -0.4 is 0 Å². The zero-order valence-electron chi connectivity index (χ0n) is 43.1. The molecule has 6 heteroatoms. The molecule has 7 aromatic rings. The monoisotopic (exact) mass is 953 g/mol. The van der Waals surface area contributed by atoms with Crippen LogP contribution in [0.5, 0.6) is 0 Å². The number of benzene rings is 4. The fourth-order valence-electron chi connectivity index (χ4n) is 10.3. The van der Waals surface area contributed by atoms with Gasteiger partial charge in [0.05, 0.1) is 34.9 Å². The normalized spacial score (nSPS) is 11.9. The van der Waals surface area contributed by atoms with Gasteiger partial charge in [0, 0.05) is 44.3 Å². The summed E-state index contributed by atoms with van der Waals surface area (Å²) in [6.07, 6.45) is 29.5. The highest BCUT2D eigenvalue weighted by Crippen LogP contribution is 2.39. The minimum Gasteiger partial charge on any atom is -0.462 e. The Morgan fingerprint density at radius 1 is 0.375 bits per heavy atom. The fraction of sp³-hybridized carbons (Fsp3) is 0.318. The van der Waals surface area contributed by atoms with Crippen molar-refractivity contribution >= 4 is 52.3 Å². The van der Waals surface area contributed by atoms with Crippen LogP contribution >= 0.6 is 0 Å². The summed E-state index contributed by atoms with van der Waals surface area (Å²) < 4.78 is 5.81. The summed E-state index contributed by atoms with van der Waals surface area (Å²) in [4.78, 5) is 32.0. The number of H-pyrrole nitrogens is 2. The maximum atomic E-state index is 13.4. The van der Waals surface area contributed by atoms with Gasteiger partial charge in [-0.05, 0) is 110 Å². The number of unbranched alkanes of at least 4 members (excludes halogenated alkanes) is 15. The van der Waals surface area contributed by atoms with Crippen LogP contribution in [0.3, 0.4) is 0 Å². The number of hydrogen-bond donors (Lipinski definition) is 2. The molecule has 0 saturated carbocycles. The van der Waals surface area contributed by atoms with Crippen LogP contribution in [0.25, 0.3) is 90.9 Å². The third-order valence-corrected chi connectivity index (χ3v) is 14.4. The van der Waals surface area contributed by atoms with Gasteiger partial charge in [0.2, 0.25) is 0 Å². The maximum absolute atomic E-state index is 13.4. The minimum atomic E-state index is -0.286.